The summed E-state index contributed by atoms with van der Waals surface area (Å²) in [7, 11) is 1.61. The van der Waals surface area contributed by atoms with Crippen LogP contribution in [0.2, 0.25) is 4.34 Å². The van der Waals surface area contributed by atoms with Gasteiger partial charge in [0.25, 0.3) is 0 Å². The first-order chi connectivity index (χ1) is 14.5. The van der Waals surface area contributed by atoms with E-state index in [9.17, 15) is 9.59 Å². The summed E-state index contributed by atoms with van der Waals surface area (Å²) in [5.74, 6) is 1.55. The van der Waals surface area contributed by atoms with Gasteiger partial charge in [-0.15, -0.1) is 21.5 Å². The van der Waals surface area contributed by atoms with Gasteiger partial charge in [-0.05, 0) is 30.7 Å². The van der Waals surface area contributed by atoms with Gasteiger partial charge in [-0.3, -0.25) is 14.2 Å². The highest BCUT2D eigenvalue weighted by molar-refractivity contribution is 7.99. The van der Waals surface area contributed by atoms with Crippen LogP contribution in [0.1, 0.15) is 28.8 Å². The number of ketones is 1. The minimum Gasteiger partial charge on any atom is -0.495 e. The molecule has 0 spiro atoms. The van der Waals surface area contributed by atoms with Crippen LogP contribution in [-0.2, 0) is 11.2 Å². The molecule has 0 saturated carbocycles. The normalized spacial score (nSPS) is 10.8. The highest BCUT2D eigenvalue weighted by Crippen LogP contribution is 2.30. The van der Waals surface area contributed by atoms with Crippen molar-refractivity contribution in [2.75, 3.05) is 19.4 Å². The van der Waals surface area contributed by atoms with Gasteiger partial charge >= 0.3 is 0 Å². The molecule has 0 unspecified atom stereocenters. The van der Waals surface area contributed by atoms with Crippen LogP contribution in [0.15, 0.2) is 41.6 Å². The largest absolute Gasteiger partial charge is 0.495 e. The molecule has 2 aromatic heterocycles. The second kappa shape index (κ2) is 10.6. The molecule has 0 saturated heterocycles. The minimum atomic E-state index is -0.0652. The third kappa shape index (κ3) is 5.62. The van der Waals surface area contributed by atoms with E-state index in [0.29, 0.717) is 39.5 Å². The van der Waals surface area contributed by atoms with Crippen LogP contribution in [0.5, 0.6) is 5.75 Å². The van der Waals surface area contributed by atoms with Gasteiger partial charge in [0.05, 0.1) is 27.8 Å². The molecule has 0 aliphatic carbocycles. The quantitative estimate of drug-likeness (QED) is 0.277. The number of nitrogens with one attached hydrogen (secondary N) is 1. The average Bonchev–Trinajstić information content (AvgIpc) is 3.35. The summed E-state index contributed by atoms with van der Waals surface area (Å²) in [6, 6.07) is 11.0. The van der Waals surface area contributed by atoms with Crippen LogP contribution in [0.4, 0.5) is 0 Å². The number of para-hydroxylation sites is 2. The predicted octanol–water partition coefficient (Wildman–Crippen LogP) is 4.03. The highest BCUT2D eigenvalue weighted by Gasteiger charge is 2.19. The molecule has 0 atom stereocenters. The Bertz CT molecular complexity index is 1030. The number of nitrogens with zero attached hydrogens (tertiary/aromatic N) is 3. The highest BCUT2D eigenvalue weighted by atomic mass is 35.5. The second-order valence-corrected chi connectivity index (χ2v) is 8.97. The van der Waals surface area contributed by atoms with Gasteiger partial charge < -0.3 is 10.1 Å². The zero-order valence-electron chi connectivity index (χ0n) is 16.6. The molecule has 10 heteroatoms. The number of carbonyl (C=O) groups is 2. The van der Waals surface area contributed by atoms with E-state index in [1.807, 2.05) is 28.8 Å². The minimum absolute atomic E-state index is 0.0151. The number of carbonyl (C=O) groups excluding carboxylic acids is 2. The molecule has 30 heavy (non-hydrogen) atoms. The van der Waals surface area contributed by atoms with Crippen molar-refractivity contribution < 1.29 is 14.3 Å². The van der Waals surface area contributed by atoms with E-state index in [-0.39, 0.29) is 17.4 Å². The zero-order chi connectivity index (χ0) is 21.5. The summed E-state index contributed by atoms with van der Waals surface area (Å²) in [6.07, 6.45) is 1.32. The topological polar surface area (TPSA) is 86.1 Å². The Morgan fingerprint density at radius 1 is 1.23 bits per heavy atom. The summed E-state index contributed by atoms with van der Waals surface area (Å²) in [4.78, 5) is 24.2. The summed E-state index contributed by atoms with van der Waals surface area (Å²) in [5.41, 5.74) is 0.800. The third-order valence-electron chi connectivity index (χ3n) is 4.16. The summed E-state index contributed by atoms with van der Waals surface area (Å²) < 4.78 is 8.01. The predicted molar refractivity (Wildman–Crippen MR) is 119 cm³/mol. The number of hydrogen-bond donors (Lipinski definition) is 1. The number of halogens is 1. The average molecular weight is 465 g/mol. The van der Waals surface area contributed by atoms with Crippen molar-refractivity contribution in [1.29, 1.82) is 0 Å². The van der Waals surface area contributed by atoms with Gasteiger partial charge in [-0.1, -0.05) is 35.5 Å². The number of thiophene rings is 1. The number of aromatic nitrogens is 3. The fourth-order valence-electron chi connectivity index (χ4n) is 2.79. The van der Waals surface area contributed by atoms with Crippen molar-refractivity contribution in [3.8, 4) is 11.4 Å². The van der Waals surface area contributed by atoms with Crippen molar-refractivity contribution in [3.63, 3.8) is 0 Å². The standard InChI is InChI=1S/C20H21ClN4O3S2/c1-13(26)22-11-5-8-19-23-24-20(25(19)14-6-3-4-7-16(14)28-2)29-12-15(27)17-9-10-18(21)30-17/h3-4,6-7,9-10H,5,8,11-12H2,1-2H3,(H,22,26). The van der Waals surface area contributed by atoms with Gasteiger partial charge in [0.2, 0.25) is 5.91 Å². The van der Waals surface area contributed by atoms with E-state index in [4.69, 9.17) is 16.3 Å². The van der Waals surface area contributed by atoms with Gasteiger partial charge in [-0.25, -0.2) is 0 Å². The first kappa shape index (κ1) is 22.3. The number of ether oxygens (including phenoxy) is 1. The Morgan fingerprint density at radius 2 is 2.03 bits per heavy atom. The molecule has 0 radical (unpaired) electrons. The fourth-order valence-corrected chi connectivity index (χ4v) is 4.71. The zero-order valence-corrected chi connectivity index (χ0v) is 18.9. The molecule has 7 nitrogen and oxygen atoms in total. The maximum Gasteiger partial charge on any atom is 0.216 e. The molecule has 0 aliphatic heterocycles. The van der Waals surface area contributed by atoms with Gasteiger partial charge in [0.1, 0.15) is 11.6 Å². The Morgan fingerprint density at radius 3 is 2.73 bits per heavy atom. The van der Waals surface area contributed by atoms with Gasteiger partial charge in [0, 0.05) is 19.9 Å². The Labute approximate surface area is 187 Å². The van der Waals surface area contributed by atoms with Gasteiger partial charge in [-0.2, -0.15) is 0 Å². The van der Waals surface area contributed by atoms with E-state index in [2.05, 4.69) is 15.5 Å². The number of benzene rings is 1. The number of aryl methyl sites for hydroxylation is 1. The van der Waals surface area contributed by atoms with Crippen molar-refractivity contribution in [3.05, 3.63) is 51.4 Å². The molecule has 1 amide bonds. The van der Waals surface area contributed by atoms with Crippen LogP contribution in [0.25, 0.3) is 5.69 Å². The number of thioether (sulfide) groups is 1. The number of rotatable bonds is 10. The summed E-state index contributed by atoms with van der Waals surface area (Å²) in [6.45, 7) is 2.04. The Balaban J connectivity index is 1.83. The summed E-state index contributed by atoms with van der Waals surface area (Å²) in [5, 5.41) is 12.0. The lowest BCUT2D eigenvalue weighted by Crippen LogP contribution is -2.21. The van der Waals surface area contributed by atoms with E-state index in [0.717, 1.165) is 11.5 Å². The molecule has 0 fully saturated rings. The van der Waals surface area contributed by atoms with E-state index in [1.165, 1.54) is 30.0 Å². The third-order valence-corrected chi connectivity index (χ3v) is 6.36. The van der Waals surface area contributed by atoms with Crippen LogP contribution in [0, 0.1) is 0 Å². The van der Waals surface area contributed by atoms with Crippen LogP contribution >= 0.6 is 34.7 Å². The molecule has 3 aromatic rings. The van der Waals surface area contributed by atoms with Crippen molar-refractivity contribution in [2.45, 2.75) is 24.9 Å². The number of hydrogen-bond acceptors (Lipinski definition) is 7. The molecule has 1 N–H and O–H groups in total. The Kier molecular flexibility index (Phi) is 7.89. The first-order valence-corrected chi connectivity index (χ1v) is 11.4. The summed E-state index contributed by atoms with van der Waals surface area (Å²) >= 11 is 8.52. The second-order valence-electron chi connectivity index (χ2n) is 6.31. The Hall–Kier alpha value is -2.36. The SMILES string of the molecule is COc1ccccc1-n1c(CCCNC(C)=O)nnc1SCC(=O)c1ccc(Cl)s1. The van der Waals surface area contributed by atoms with E-state index >= 15 is 0 Å². The lowest BCUT2D eigenvalue weighted by Gasteiger charge is -2.13. The molecule has 2 heterocycles. The molecule has 1 aromatic carbocycles. The molecule has 158 valence electrons. The first-order valence-electron chi connectivity index (χ1n) is 9.23. The lowest BCUT2D eigenvalue weighted by molar-refractivity contribution is -0.118. The molecular formula is C20H21ClN4O3S2. The van der Waals surface area contributed by atoms with Crippen molar-refractivity contribution in [1.82, 2.24) is 20.1 Å². The maximum atomic E-state index is 12.5. The smallest absolute Gasteiger partial charge is 0.216 e. The van der Waals surface area contributed by atoms with E-state index < -0.39 is 0 Å². The maximum absolute atomic E-state index is 12.5. The van der Waals surface area contributed by atoms with Gasteiger partial charge in [0.15, 0.2) is 10.9 Å². The number of methoxy groups -OCH3 is 1. The number of amides is 1. The van der Waals surface area contributed by atoms with Crippen molar-refractivity contribution in [2.24, 2.45) is 0 Å². The molecule has 0 aliphatic rings. The molecule has 3 rings (SSSR count). The van der Waals surface area contributed by atoms with Crippen molar-refractivity contribution >= 4 is 46.4 Å². The molecular weight excluding hydrogens is 444 g/mol. The monoisotopic (exact) mass is 464 g/mol. The molecule has 0 bridgehead atoms. The fraction of sp³-hybridized carbons (Fsp3) is 0.300. The number of Topliss-reactive ketones (excluding diaryl/α,β-unsaturated/α-hetero) is 1. The van der Waals surface area contributed by atoms with E-state index in [1.54, 1.807) is 19.2 Å². The van der Waals surface area contributed by atoms with Crippen LogP contribution < -0.4 is 10.1 Å². The van der Waals surface area contributed by atoms with Crippen LogP contribution in [-0.4, -0.2) is 45.9 Å². The van der Waals surface area contributed by atoms with Crippen LogP contribution in [0.3, 0.4) is 0 Å². The lowest BCUT2D eigenvalue weighted by atomic mass is 10.2.